The summed E-state index contributed by atoms with van der Waals surface area (Å²) in [6, 6.07) is 1.01. The van der Waals surface area contributed by atoms with E-state index in [0.29, 0.717) is 0 Å². The third-order valence-corrected chi connectivity index (χ3v) is 0.670. The number of nitrogens with zero attached hydrogens (tertiary/aromatic N) is 1. The lowest BCUT2D eigenvalue weighted by atomic mass is 10.3. The van der Waals surface area contributed by atoms with Crippen molar-refractivity contribution < 1.29 is 23.0 Å². The molecular formula is C4H2F3NO2. The molecular weight excluding hydrogens is 151 g/mol. The second-order valence-electron chi connectivity index (χ2n) is 1.40. The lowest BCUT2D eigenvalue weighted by molar-refractivity contribution is -0.210. The molecule has 56 valence electrons. The number of nitriles is 1. The molecule has 0 aromatic heterocycles. The van der Waals surface area contributed by atoms with E-state index in [1.807, 2.05) is 0 Å². The van der Waals surface area contributed by atoms with Crippen LogP contribution in [0.2, 0.25) is 0 Å². The zero-order chi connectivity index (χ0) is 8.20. The van der Waals surface area contributed by atoms with Gasteiger partial charge < -0.3 is 0 Å². The summed E-state index contributed by atoms with van der Waals surface area (Å²) in [4.78, 5) is 12.0. The summed E-state index contributed by atoms with van der Waals surface area (Å²) in [5, 5.41) is 7.69. The summed E-state index contributed by atoms with van der Waals surface area (Å²) in [6.45, 7) is 0. The third-order valence-electron chi connectivity index (χ3n) is 0.670. The first-order chi connectivity index (χ1) is 4.54. The molecule has 0 aromatic rings. The molecule has 0 N–H and O–H groups in total. The minimum absolute atomic E-state index is 1.01. The highest BCUT2D eigenvalue weighted by atomic mass is 19.3. The van der Waals surface area contributed by atoms with Crippen LogP contribution in [0.5, 0.6) is 0 Å². The molecule has 0 saturated heterocycles. The molecule has 0 spiro atoms. The molecule has 0 aliphatic carbocycles. The van der Waals surface area contributed by atoms with Gasteiger partial charge in [-0.3, -0.25) is 0 Å². The van der Waals surface area contributed by atoms with Gasteiger partial charge >= 0.3 is 11.9 Å². The Morgan fingerprint density at radius 3 is 2.50 bits per heavy atom. The molecule has 0 heterocycles. The van der Waals surface area contributed by atoms with Gasteiger partial charge in [0, 0.05) is 4.53 Å². The predicted octanol–water partition coefficient (Wildman–Crippen LogP) is 0.963. The van der Waals surface area contributed by atoms with E-state index < -0.39 is 18.3 Å². The van der Waals surface area contributed by atoms with E-state index in [2.05, 4.69) is 4.94 Å². The van der Waals surface area contributed by atoms with Crippen molar-refractivity contribution in [1.29, 1.82) is 5.26 Å². The van der Waals surface area contributed by atoms with Crippen LogP contribution in [-0.4, -0.2) is 11.9 Å². The maximum absolute atomic E-state index is 11.9. The average Bonchev–Trinajstić information content (AvgIpc) is 1.86. The van der Waals surface area contributed by atoms with Crippen LogP contribution in [0.1, 0.15) is 6.42 Å². The Morgan fingerprint density at radius 2 is 2.20 bits per heavy atom. The highest BCUT2D eigenvalue weighted by Crippen LogP contribution is 2.19. The lowest BCUT2D eigenvalue weighted by Gasteiger charge is -2.04. The zero-order valence-corrected chi connectivity index (χ0v) is 4.60. The van der Waals surface area contributed by atoms with E-state index in [9.17, 15) is 18.1 Å². The van der Waals surface area contributed by atoms with Crippen molar-refractivity contribution in [3.8, 4) is 6.07 Å². The van der Waals surface area contributed by atoms with Gasteiger partial charge in [0.05, 0.1) is 6.07 Å². The topological polar surface area (TPSA) is 50.1 Å². The first kappa shape index (κ1) is 8.75. The van der Waals surface area contributed by atoms with Crippen LogP contribution in [-0.2, 0) is 9.74 Å². The molecule has 0 rings (SSSR count). The van der Waals surface area contributed by atoms with Crippen LogP contribution in [0.3, 0.4) is 0 Å². The second-order valence-corrected chi connectivity index (χ2v) is 1.40. The Morgan fingerprint density at radius 1 is 1.70 bits per heavy atom. The third kappa shape index (κ3) is 1.93. The number of alkyl halides is 2. The molecule has 10 heavy (non-hydrogen) atoms. The molecule has 0 fully saturated rings. The molecule has 0 unspecified atom stereocenters. The normalized spacial score (nSPS) is 10.2. The fraction of sp³-hybridized carbons (Fsp3) is 0.500. The van der Waals surface area contributed by atoms with Gasteiger partial charge in [-0.15, -0.1) is 0 Å². The van der Waals surface area contributed by atoms with Gasteiger partial charge in [0.25, 0.3) is 0 Å². The highest BCUT2D eigenvalue weighted by molar-refractivity contribution is 5.77. The molecule has 3 nitrogen and oxygen atoms in total. The number of hydrogen-bond acceptors (Lipinski definition) is 3. The van der Waals surface area contributed by atoms with E-state index in [1.165, 1.54) is 0 Å². The molecule has 6 heteroatoms. The van der Waals surface area contributed by atoms with Gasteiger partial charge in [-0.25, -0.2) is 9.74 Å². The minimum Gasteiger partial charge on any atom is -0.248 e. The van der Waals surface area contributed by atoms with E-state index in [-0.39, 0.29) is 0 Å². The predicted molar refractivity (Wildman–Crippen MR) is 22.4 cm³/mol. The summed E-state index contributed by atoms with van der Waals surface area (Å²) >= 11 is 0. The molecule has 0 atom stereocenters. The molecule has 0 aliphatic heterocycles. The fourth-order valence-corrected chi connectivity index (χ4v) is 0.228. The Labute approximate surface area is 53.9 Å². The number of hydrogen-bond donors (Lipinski definition) is 0. The molecule has 0 bridgehead atoms. The minimum atomic E-state index is -4.04. The van der Waals surface area contributed by atoms with Gasteiger partial charge in [-0.1, -0.05) is 0 Å². The molecule has 0 radical (unpaired) electrons. The molecule has 0 aliphatic rings. The number of halogens is 3. The molecule has 0 aromatic carbocycles. The zero-order valence-electron chi connectivity index (χ0n) is 4.60. The second kappa shape index (κ2) is 3.06. The highest BCUT2D eigenvalue weighted by Gasteiger charge is 2.41. The van der Waals surface area contributed by atoms with Gasteiger partial charge in [-0.2, -0.15) is 14.0 Å². The lowest BCUT2D eigenvalue weighted by Crippen LogP contribution is -2.28. The van der Waals surface area contributed by atoms with Crippen LogP contribution < -0.4 is 0 Å². The summed E-state index contributed by atoms with van der Waals surface area (Å²) in [6.07, 6.45) is -1.38. The van der Waals surface area contributed by atoms with Crippen molar-refractivity contribution in [2.75, 3.05) is 0 Å². The molecule has 0 amide bonds. The first-order valence-corrected chi connectivity index (χ1v) is 2.12. The van der Waals surface area contributed by atoms with Crippen molar-refractivity contribution in [1.82, 2.24) is 0 Å². The number of carbonyl (C=O) groups excluding carboxylic acids is 1. The molecule has 0 saturated carbocycles. The largest absolute Gasteiger partial charge is 0.418 e. The van der Waals surface area contributed by atoms with Crippen molar-refractivity contribution >= 4 is 5.97 Å². The monoisotopic (exact) mass is 153 g/mol. The Hall–Kier alpha value is -1.25. The maximum Gasteiger partial charge on any atom is 0.418 e. The van der Waals surface area contributed by atoms with Crippen LogP contribution in [0.15, 0.2) is 0 Å². The van der Waals surface area contributed by atoms with Gasteiger partial charge in [0.15, 0.2) is 0 Å². The van der Waals surface area contributed by atoms with Gasteiger partial charge in [-0.05, 0) is 0 Å². The summed E-state index contributed by atoms with van der Waals surface area (Å²) < 4.78 is 34.5. The van der Waals surface area contributed by atoms with Crippen molar-refractivity contribution in [2.45, 2.75) is 12.3 Å². The Bertz CT molecular complexity index is 174. The van der Waals surface area contributed by atoms with Gasteiger partial charge in [0.2, 0.25) is 0 Å². The van der Waals surface area contributed by atoms with Gasteiger partial charge in [0.1, 0.15) is 6.42 Å². The van der Waals surface area contributed by atoms with Crippen LogP contribution in [0.25, 0.3) is 0 Å². The Kier molecular flexibility index (Phi) is 2.67. The van der Waals surface area contributed by atoms with Crippen molar-refractivity contribution in [2.24, 2.45) is 0 Å². The van der Waals surface area contributed by atoms with E-state index in [4.69, 9.17) is 5.26 Å². The quantitative estimate of drug-likeness (QED) is 0.593. The smallest absolute Gasteiger partial charge is 0.248 e. The Balaban J connectivity index is 4.13. The van der Waals surface area contributed by atoms with Crippen molar-refractivity contribution in [3.63, 3.8) is 0 Å². The van der Waals surface area contributed by atoms with Crippen molar-refractivity contribution in [3.05, 3.63) is 0 Å². The average molecular weight is 153 g/mol. The van der Waals surface area contributed by atoms with E-state index >= 15 is 0 Å². The van der Waals surface area contributed by atoms with E-state index in [0.717, 1.165) is 6.07 Å². The van der Waals surface area contributed by atoms with Crippen LogP contribution in [0.4, 0.5) is 13.3 Å². The summed E-state index contributed by atoms with van der Waals surface area (Å²) in [7, 11) is 0. The number of rotatable bonds is 2. The standard InChI is InChI=1S/C4H2F3NO2/c5-4(6,1-2-8)3(9)10-7/h1H2. The summed E-state index contributed by atoms with van der Waals surface area (Å²) in [5.41, 5.74) is 0. The van der Waals surface area contributed by atoms with Crippen LogP contribution >= 0.6 is 0 Å². The maximum atomic E-state index is 11.9. The van der Waals surface area contributed by atoms with E-state index in [1.54, 1.807) is 0 Å². The first-order valence-electron chi connectivity index (χ1n) is 2.12. The fourth-order valence-electron chi connectivity index (χ4n) is 0.228. The number of carbonyl (C=O) groups is 1. The SMILES string of the molecule is N#CCC(F)(F)C(=O)OF. The van der Waals surface area contributed by atoms with Crippen LogP contribution in [0, 0.1) is 11.3 Å². The summed E-state index contributed by atoms with van der Waals surface area (Å²) in [5.74, 6) is -6.38.